The van der Waals surface area contributed by atoms with E-state index in [1.54, 1.807) is 6.20 Å². The number of amides is 1. The highest BCUT2D eigenvalue weighted by atomic mass is 35.5. The second-order valence-corrected chi connectivity index (χ2v) is 6.15. The maximum atomic E-state index is 12.2. The monoisotopic (exact) mass is 347 g/mol. The van der Waals surface area contributed by atoms with Crippen molar-refractivity contribution in [2.45, 2.75) is 45.1 Å². The third kappa shape index (κ3) is 5.75. The molecular formula is C16H27Cl2N3O. The van der Waals surface area contributed by atoms with E-state index in [9.17, 15) is 4.79 Å². The number of rotatable bonds is 5. The summed E-state index contributed by atoms with van der Waals surface area (Å²) in [6.07, 6.45) is 6.38. The third-order valence-corrected chi connectivity index (χ3v) is 4.26. The number of nitrogens with zero attached hydrogens (tertiary/aromatic N) is 1. The van der Waals surface area contributed by atoms with Crippen molar-refractivity contribution in [2.75, 3.05) is 6.54 Å². The van der Waals surface area contributed by atoms with Gasteiger partial charge in [-0.3, -0.25) is 9.78 Å². The van der Waals surface area contributed by atoms with Crippen LogP contribution in [0.15, 0.2) is 24.5 Å². The van der Waals surface area contributed by atoms with Gasteiger partial charge in [-0.1, -0.05) is 19.9 Å². The average Bonchev–Trinajstić information content (AvgIpc) is 2.86. The highest BCUT2D eigenvalue weighted by Crippen LogP contribution is 2.26. The van der Waals surface area contributed by atoms with E-state index in [-0.39, 0.29) is 42.7 Å². The van der Waals surface area contributed by atoms with Crippen LogP contribution in [0.25, 0.3) is 0 Å². The van der Waals surface area contributed by atoms with Crippen molar-refractivity contribution < 1.29 is 4.79 Å². The Morgan fingerprint density at radius 1 is 1.41 bits per heavy atom. The molecule has 1 heterocycles. The molecule has 1 aliphatic carbocycles. The van der Waals surface area contributed by atoms with Gasteiger partial charge in [0, 0.05) is 36.8 Å². The molecule has 2 rings (SSSR count). The van der Waals surface area contributed by atoms with Gasteiger partial charge in [0.15, 0.2) is 0 Å². The fourth-order valence-electron chi connectivity index (χ4n) is 2.94. The van der Waals surface area contributed by atoms with Gasteiger partial charge < -0.3 is 11.1 Å². The number of hydrogen-bond donors (Lipinski definition) is 2. The van der Waals surface area contributed by atoms with E-state index in [0.29, 0.717) is 18.4 Å². The van der Waals surface area contributed by atoms with Crippen LogP contribution >= 0.6 is 24.8 Å². The normalized spacial score (nSPS) is 21.6. The van der Waals surface area contributed by atoms with E-state index in [1.165, 1.54) is 5.56 Å². The fourth-order valence-corrected chi connectivity index (χ4v) is 2.94. The first-order valence-corrected chi connectivity index (χ1v) is 7.51. The average molecular weight is 348 g/mol. The minimum atomic E-state index is 0. The molecule has 6 heteroatoms. The van der Waals surface area contributed by atoms with Crippen molar-refractivity contribution in [1.82, 2.24) is 10.3 Å². The van der Waals surface area contributed by atoms with Crippen LogP contribution in [0.2, 0.25) is 0 Å². The van der Waals surface area contributed by atoms with Crippen LogP contribution < -0.4 is 11.1 Å². The Labute approximate surface area is 145 Å². The molecule has 0 bridgehead atoms. The number of nitrogens with one attached hydrogen (secondary N) is 1. The van der Waals surface area contributed by atoms with E-state index in [4.69, 9.17) is 5.73 Å². The number of aromatic nitrogens is 1. The first-order chi connectivity index (χ1) is 9.58. The molecule has 0 aliphatic heterocycles. The molecule has 3 N–H and O–H groups in total. The van der Waals surface area contributed by atoms with Gasteiger partial charge in [-0.25, -0.2) is 0 Å². The number of nitrogens with two attached hydrogens (primary N) is 1. The Morgan fingerprint density at radius 3 is 2.64 bits per heavy atom. The van der Waals surface area contributed by atoms with Crippen LogP contribution in [-0.4, -0.2) is 23.5 Å². The molecule has 1 amide bonds. The molecule has 126 valence electrons. The maximum absolute atomic E-state index is 12.2. The molecule has 0 radical (unpaired) electrons. The Kier molecular flexibility index (Phi) is 9.65. The highest BCUT2D eigenvalue weighted by Gasteiger charge is 2.28. The van der Waals surface area contributed by atoms with Crippen LogP contribution in [-0.2, 0) is 4.79 Å². The third-order valence-electron chi connectivity index (χ3n) is 4.26. The SMILES string of the molecule is CC(C)C(CNC(=O)C1CCC(N)C1)c1cccnc1.Cl.Cl. The summed E-state index contributed by atoms with van der Waals surface area (Å²) >= 11 is 0. The summed E-state index contributed by atoms with van der Waals surface area (Å²) in [5.41, 5.74) is 7.06. The minimum Gasteiger partial charge on any atom is -0.355 e. The van der Waals surface area contributed by atoms with Gasteiger partial charge in [-0.05, 0) is 36.8 Å². The van der Waals surface area contributed by atoms with Crippen LogP contribution in [0.4, 0.5) is 0 Å². The summed E-state index contributed by atoms with van der Waals surface area (Å²) in [4.78, 5) is 16.3. The van der Waals surface area contributed by atoms with E-state index >= 15 is 0 Å². The Bertz CT molecular complexity index is 442. The lowest BCUT2D eigenvalue weighted by molar-refractivity contribution is -0.124. The zero-order chi connectivity index (χ0) is 14.5. The summed E-state index contributed by atoms with van der Waals surface area (Å²) in [6, 6.07) is 4.22. The number of carbonyl (C=O) groups is 1. The molecule has 1 aromatic rings. The first kappa shape index (κ1) is 21.2. The van der Waals surface area contributed by atoms with Gasteiger partial charge in [0.1, 0.15) is 0 Å². The topological polar surface area (TPSA) is 68.0 Å². The molecule has 22 heavy (non-hydrogen) atoms. The van der Waals surface area contributed by atoms with Crippen LogP contribution in [0, 0.1) is 11.8 Å². The molecule has 1 aromatic heterocycles. The van der Waals surface area contributed by atoms with Crippen molar-refractivity contribution in [3.05, 3.63) is 30.1 Å². The van der Waals surface area contributed by atoms with Crippen LogP contribution in [0.5, 0.6) is 0 Å². The Morgan fingerprint density at radius 2 is 2.14 bits per heavy atom. The molecule has 3 atom stereocenters. The predicted octanol–water partition coefficient (Wildman–Crippen LogP) is 2.91. The van der Waals surface area contributed by atoms with Gasteiger partial charge >= 0.3 is 0 Å². The van der Waals surface area contributed by atoms with Crippen molar-refractivity contribution in [3.8, 4) is 0 Å². The number of pyridine rings is 1. The molecule has 1 fully saturated rings. The second-order valence-electron chi connectivity index (χ2n) is 6.15. The first-order valence-electron chi connectivity index (χ1n) is 7.51. The largest absolute Gasteiger partial charge is 0.355 e. The summed E-state index contributed by atoms with van der Waals surface area (Å²) in [5, 5.41) is 3.10. The molecular weight excluding hydrogens is 321 g/mol. The quantitative estimate of drug-likeness (QED) is 0.860. The zero-order valence-corrected chi connectivity index (χ0v) is 14.8. The van der Waals surface area contributed by atoms with Gasteiger partial charge in [0.25, 0.3) is 0 Å². The molecule has 0 spiro atoms. The molecule has 1 aliphatic rings. The molecule has 3 unspecified atom stereocenters. The molecule has 0 saturated heterocycles. The van der Waals surface area contributed by atoms with Crippen molar-refractivity contribution >= 4 is 30.7 Å². The van der Waals surface area contributed by atoms with Gasteiger partial charge in [0.05, 0.1) is 0 Å². The lowest BCUT2D eigenvalue weighted by Gasteiger charge is -2.22. The van der Waals surface area contributed by atoms with E-state index in [0.717, 1.165) is 19.3 Å². The molecule has 1 saturated carbocycles. The van der Waals surface area contributed by atoms with Gasteiger partial charge in [-0.2, -0.15) is 0 Å². The van der Waals surface area contributed by atoms with Crippen molar-refractivity contribution in [2.24, 2.45) is 17.6 Å². The smallest absolute Gasteiger partial charge is 0.223 e. The van der Waals surface area contributed by atoms with Crippen molar-refractivity contribution in [3.63, 3.8) is 0 Å². The molecule has 4 nitrogen and oxygen atoms in total. The highest BCUT2D eigenvalue weighted by molar-refractivity contribution is 5.85. The van der Waals surface area contributed by atoms with Gasteiger partial charge in [0.2, 0.25) is 5.91 Å². The second kappa shape index (κ2) is 10.0. The number of halogens is 2. The standard InChI is InChI=1S/C16H25N3O.2ClH/c1-11(2)15(13-4-3-7-18-9-13)10-19-16(20)12-5-6-14(17)8-12;;/h3-4,7,9,11-12,14-15H,5-6,8,10,17H2,1-2H3,(H,19,20);2*1H. The van der Waals surface area contributed by atoms with Gasteiger partial charge in [-0.15, -0.1) is 24.8 Å². The lowest BCUT2D eigenvalue weighted by Crippen LogP contribution is -2.34. The van der Waals surface area contributed by atoms with E-state index in [1.807, 2.05) is 12.3 Å². The van der Waals surface area contributed by atoms with Crippen LogP contribution in [0.1, 0.15) is 44.6 Å². The predicted molar refractivity (Wildman–Crippen MR) is 94.6 cm³/mol. The Balaban J connectivity index is 0.00000220. The number of carbonyl (C=O) groups excluding carboxylic acids is 1. The number of hydrogen-bond acceptors (Lipinski definition) is 3. The van der Waals surface area contributed by atoms with Crippen molar-refractivity contribution in [1.29, 1.82) is 0 Å². The van der Waals surface area contributed by atoms with E-state index < -0.39 is 0 Å². The fraction of sp³-hybridized carbons (Fsp3) is 0.625. The zero-order valence-electron chi connectivity index (χ0n) is 13.2. The Hall–Kier alpha value is -0.840. The summed E-state index contributed by atoms with van der Waals surface area (Å²) in [5.74, 6) is 1.03. The summed E-state index contributed by atoms with van der Waals surface area (Å²) in [7, 11) is 0. The lowest BCUT2D eigenvalue weighted by atomic mass is 9.89. The maximum Gasteiger partial charge on any atom is 0.223 e. The molecule has 0 aromatic carbocycles. The summed E-state index contributed by atoms with van der Waals surface area (Å²) in [6.45, 7) is 5.03. The van der Waals surface area contributed by atoms with E-state index in [2.05, 4.69) is 30.2 Å². The van der Waals surface area contributed by atoms with Crippen LogP contribution in [0.3, 0.4) is 0 Å². The minimum absolute atomic E-state index is 0. The summed E-state index contributed by atoms with van der Waals surface area (Å²) < 4.78 is 0.